The van der Waals surface area contributed by atoms with E-state index < -0.39 is 0 Å². The van der Waals surface area contributed by atoms with Crippen LogP contribution in [0.1, 0.15) is 31.5 Å². The Morgan fingerprint density at radius 3 is 2.57 bits per heavy atom. The predicted molar refractivity (Wildman–Crippen MR) is 111 cm³/mol. The second-order valence-electron chi connectivity index (χ2n) is 6.44. The number of rotatable bonds is 6. The van der Waals surface area contributed by atoms with Gasteiger partial charge in [-0.15, -0.1) is 0 Å². The van der Waals surface area contributed by atoms with Crippen LogP contribution in [-0.2, 0) is 4.79 Å². The lowest BCUT2D eigenvalue weighted by molar-refractivity contribution is -0.114. The van der Waals surface area contributed by atoms with E-state index in [1.54, 1.807) is 13.2 Å². The average molecular weight is 400 g/mol. The molecule has 1 amide bonds. The number of hydrogen-bond donors (Lipinski definition) is 2. The van der Waals surface area contributed by atoms with Gasteiger partial charge >= 0.3 is 0 Å². The lowest BCUT2D eigenvalue weighted by Gasteiger charge is -2.15. The summed E-state index contributed by atoms with van der Waals surface area (Å²) >= 11 is 5.96. The van der Waals surface area contributed by atoms with E-state index in [0.29, 0.717) is 22.4 Å². The quantitative estimate of drug-likeness (QED) is 0.576. The van der Waals surface area contributed by atoms with Crippen molar-refractivity contribution in [2.24, 2.45) is 0 Å². The molecule has 0 fully saturated rings. The number of aromatic nitrogens is 1. The lowest BCUT2D eigenvalue weighted by atomic mass is 10.1. The van der Waals surface area contributed by atoms with E-state index in [-0.39, 0.29) is 11.9 Å². The topological polar surface area (TPSA) is 76.4 Å². The van der Waals surface area contributed by atoms with Gasteiger partial charge in [0.05, 0.1) is 18.5 Å². The van der Waals surface area contributed by atoms with Crippen molar-refractivity contribution in [3.05, 3.63) is 59.1 Å². The molecular weight excluding hydrogens is 378 g/mol. The van der Waals surface area contributed by atoms with Crippen LogP contribution < -0.4 is 15.4 Å². The molecule has 0 aliphatic carbocycles. The van der Waals surface area contributed by atoms with Crippen LogP contribution >= 0.6 is 11.6 Å². The minimum absolute atomic E-state index is 0.155. The second-order valence-corrected chi connectivity index (χ2v) is 6.87. The zero-order valence-corrected chi connectivity index (χ0v) is 16.9. The van der Waals surface area contributed by atoms with Crippen LogP contribution in [0, 0.1) is 6.92 Å². The summed E-state index contributed by atoms with van der Waals surface area (Å²) in [5, 5.41) is 6.76. The van der Waals surface area contributed by atoms with Crippen LogP contribution in [-0.4, -0.2) is 18.0 Å². The number of amides is 1. The molecule has 28 heavy (non-hydrogen) atoms. The molecule has 0 radical (unpaired) electrons. The molecule has 3 rings (SSSR count). The van der Waals surface area contributed by atoms with Gasteiger partial charge in [0.15, 0.2) is 5.76 Å². The standard InChI is InChI=1S/C21H22ClN3O3/c1-12-20(15-5-7-16(22)8-6-15)28-21(24-12)13(2)23-17-9-10-18(25-14(3)26)19(11-17)27-4/h5-11,13,23H,1-4H3,(H,25,26)/t13-/m0/s1. The van der Waals surface area contributed by atoms with Gasteiger partial charge in [0.2, 0.25) is 11.8 Å². The predicted octanol–water partition coefficient (Wildman–Crippen LogP) is 5.44. The van der Waals surface area contributed by atoms with Crippen molar-refractivity contribution in [3.63, 3.8) is 0 Å². The van der Waals surface area contributed by atoms with Gasteiger partial charge < -0.3 is 19.8 Å². The second kappa shape index (κ2) is 8.35. The summed E-state index contributed by atoms with van der Waals surface area (Å²) in [5.74, 6) is 1.71. The molecule has 3 aromatic rings. The zero-order chi connectivity index (χ0) is 20.3. The summed E-state index contributed by atoms with van der Waals surface area (Å²) in [4.78, 5) is 15.8. The van der Waals surface area contributed by atoms with Gasteiger partial charge in [-0.25, -0.2) is 4.98 Å². The van der Waals surface area contributed by atoms with Crippen molar-refractivity contribution >= 4 is 28.9 Å². The molecule has 0 aliphatic rings. The molecule has 1 aromatic heterocycles. The number of methoxy groups -OCH3 is 1. The number of oxazole rings is 1. The Labute approximate surface area is 168 Å². The third-order valence-electron chi connectivity index (χ3n) is 4.19. The molecule has 2 N–H and O–H groups in total. The fraction of sp³-hybridized carbons (Fsp3) is 0.238. The fourth-order valence-electron chi connectivity index (χ4n) is 2.86. The molecule has 2 aromatic carbocycles. The van der Waals surface area contributed by atoms with E-state index >= 15 is 0 Å². The third kappa shape index (κ3) is 4.46. The molecule has 0 saturated heterocycles. The minimum atomic E-state index is -0.170. The van der Waals surface area contributed by atoms with Gasteiger partial charge in [-0.1, -0.05) is 11.6 Å². The Balaban J connectivity index is 1.80. The van der Waals surface area contributed by atoms with Gasteiger partial charge in [-0.2, -0.15) is 0 Å². The van der Waals surface area contributed by atoms with Crippen molar-refractivity contribution in [1.82, 2.24) is 4.98 Å². The molecule has 146 valence electrons. The molecule has 7 heteroatoms. The summed E-state index contributed by atoms with van der Waals surface area (Å²) in [5.41, 5.74) is 3.17. The summed E-state index contributed by atoms with van der Waals surface area (Å²) in [6.45, 7) is 5.33. The Bertz CT molecular complexity index is 983. The summed E-state index contributed by atoms with van der Waals surface area (Å²) < 4.78 is 11.4. The molecular formula is C21H22ClN3O3. The number of hydrogen-bond acceptors (Lipinski definition) is 5. The van der Waals surface area contributed by atoms with E-state index in [9.17, 15) is 4.79 Å². The number of ether oxygens (including phenoxy) is 1. The maximum Gasteiger partial charge on any atom is 0.221 e. The van der Waals surface area contributed by atoms with E-state index in [4.69, 9.17) is 20.8 Å². The number of aryl methyl sites for hydroxylation is 1. The maximum atomic E-state index is 11.3. The van der Waals surface area contributed by atoms with Gasteiger partial charge in [-0.05, 0) is 50.2 Å². The summed E-state index contributed by atoms with van der Waals surface area (Å²) in [6, 6.07) is 12.8. The largest absolute Gasteiger partial charge is 0.494 e. The fourth-order valence-corrected chi connectivity index (χ4v) is 2.98. The van der Waals surface area contributed by atoms with Crippen LogP contribution in [0.5, 0.6) is 5.75 Å². The Kier molecular flexibility index (Phi) is 5.90. The molecule has 1 heterocycles. The van der Waals surface area contributed by atoms with E-state index in [1.165, 1.54) is 6.92 Å². The van der Waals surface area contributed by atoms with Crippen LogP contribution in [0.4, 0.5) is 11.4 Å². The van der Waals surface area contributed by atoms with Crippen molar-refractivity contribution in [1.29, 1.82) is 0 Å². The highest BCUT2D eigenvalue weighted by Crippen LogP contribution is 2.32. The lowest BCUT2D eigenvalue weighted by Crippen LogP contribution is -2.09. The van der Waals surface area contributed by atoms with E-state index in [0.717, 1.165) is 22.7 Å². The van der Waals surface area contributed by atoms with Crippen molar-refractivity contribution in [2.45, 2.75) is 26.8 Å². The first kappa shape index (κ1) is 19.8. The first-order chi connectivity index (χ1) is 13.4. The number of carbonyl (C=O) groups excluding carboxylic acids is 1. The van der Waals surface area contributed by atoms with Crippen molar-refractivity contribution in [2.75, 3.05) is 17.7 Å². The van der Waals surface area contributed by atoms with Crippen molar-refractivity contribution < 1.29 is 13.9 Å². The number of nitrogens with one attached hydrogen (secondary N) is 2. The molecule has 0 spiro atoms. The van der Waals surface area contributed by atoms with Crippen LogP contribution in [0.3, 0.4) is 0 Å². The smallest absolute Gasteiger partial charge is 0.221 e. The highest BCUT2D eigenvalue weighted by atomic mass is 35.5. The molecule has 1 atom stereocenters. The summed E-state index contributed by atoms with van der Waals surface area (Å²) in [7, 11) is 1.56. The number of nitrogens with zero attached hydrogens (tertiary/aromatic N) is 1. The van der Waals surface area contributed by atoms with Gasteiger partial charge in [0.1, 0.15) is 11.8 Å². The Morgan fingerprint density at radius 1 is 1.21 bits per heavy atom. The molecule has 0 bridgehead atoms. The van der Waals surface area contributed by atoms with Crippen LogP contribution in [0.2, 0.25) is 5.02 Å². The monoisotopic (exact) mass is 399 g/mol. The average Bonchev–Trinajstić information content (AvgIpc) is 3.05. The normalized spacial score (nSPS) is 11.8. The van der Waals surface area contributed by atoms with Crippen LogP contribution in [0.15, 0.2) is 46.9 Å². The number of carbonyl (C=O) groups is 1. The van der Waals surface area contributed by atoms with E-state index in [1.807, 2.05) is 50.2 Å². The summed E-state index contributed by atoms with van der Waals surface area (Å²) in [6.07, 6.45) is 0. The van der Waals surface area contributed by atoms with Gasteiger partial charge in [0.25, 0.3) is 0 Å². The first-order valence-corrected chi connectivity index (χ1v) is 9.20. The zero-order valence-electron chi connectivity index (χ0n) is 16.2. The molecule has 0 unspecified atom stereocenters. The number of benzene rings is 2. The van der Waals surface area contributed by atoms with Gasteiger partial charge in [0, 0.05) is 29.3 Å². The van der Waals surface area contributed by atoms with Crippen molar-refractivity contribution in [3.8, 4) is 17.1 Å². The van der Waals surface area contributed by atoms with Gasteiger partial charge in [-0.3, -0.25) is 4.79 Å². The van der Waals surface area contributed by atoms with Crippen LogP contribution in [0.25, 0.3) is 11.3 Å². The molecule has 6 nitrogen and oxygen atoms in total. The third-order valence-corrected chi connectivity index (χ3v) is 4.44. The first-order valence-electron chi connectivity index (χ1n) is 8.83. The molecule has 0 saturated carbocycles. The minimum Gasteiger partial charge on any atom is -0.494 e. The number of anilines is 2. The highest BCUT2D eigenvalue weighted by molar-refractivity contribution is 6.30. The van der Waals surface area contributed by atoms with E-state index in [2.05, 4.69) is 15.6 Å². The maximum absolute atomic E-state index is 11.3. The highest BCUT2D eigenvalue weighted by Gasteiger charge is 2.17. The SMILES string of the molecule is COc1cc(N[C@@H](C)c2nc(C)c(-c3ccc(Cl)cc3)o2)ccc1NC(C)=O. The number of halogens is 1. The Morgan fingerprint density at radius 2 is 1.93 bits per heavy atom. The Hall–Kier alpha value is -2.99. The molecule has 0 aliphatic heterocycles.